The summed E-state index contributed by atoms with van der Waals surface area (Å²) >= 11 is 0. The molecule has 1 saturated heterocycles. The van der Waals surface area contributed by atoms with Crippen molar-refractivity contribution in [2.75, 3.05) is 85.1 Å². The molecule has 25 nitrogen and oxygen atoms in total. The van der Waals surface area contributed by atoms with Crippen molar-refractivity contribution >= 4 is 81.1 Å². The summed E-state index contributed by atoms with van der Waals surface area (Å²) in [5, 5.41) is 73.9. The number of amides is 5. The largest absolute Gasteiger partial charge is 0.481 e. The lowest BCUT2D eigenvalue weighted by molar-refractivity contribution is -0.141. The van der Waals surface area contributed by atoms with E-state index < -0.39 is 71.8 Å². The van der Waals surface area contributed by atoms with Gasteiger partial charge >= 0.3 is 41.8 Å². The zero-order valence-electron chi connectivity index (χ0n) is 43.6. The molecule has 1 aliphatic heterocycles. The number of carbonyl (C=O) groups is 10. The van der Waals surface area contributed by atoms with Crippen molar-refractivity contribution in [1.29, 1.82) is 0 Å². The summed E-state index contributed by atoms with van der Waals surface area (Å²) in [7, 11) is 0. The number of aliphatic carboxylic acids is 6. The van der Waals surface area contributed by atoms with Crippen molar-refractivity contribution < 1.29 is 78.6 Å². The lowest BCUT2D eigenvalue weighted by Gasteiger charge is -2.33. The molecule has 1 saturated carbocycles. The van der Waals surface area contributed by atoms with Gasteiger partial charge < -0.3 is 57.2 Å². The highest BCUT2D eigenvalue weighted by Crippen LogP contribution is 2.30. The number of carboxylic acid groups (broad SMARTS) is 6. The Labute approximate surface area is 450 Å². The van der Waals surface area contributed by atoms with Crippen molar-refractivity contribution in [3.8, 4) is 0 Å². The summed E-state index contributed by atoms with van der Waals surface area (Å²) in [5.41, 5.74) is 0.847. The van der Waals surface area contributed by atoms with E-state index in [1.807, 2.05) is 53.4 Å². The molecule has 2 fully saturated rings. The van der Waals surface area contributed by atoms with Gasteiger partial charge in [-0.25, -0.2) is 14.4 Å². The van der Waals surface area contributed by atoms with E-state index >= 15 is 0 Å². The Bertz CT molecular complexity index is 2510. The van der Waals surface area contributed by atoms with Crippen molar-refractivity contribution in [3.05, 3.63) is 60.2 Å². The third-order valence-electron chi connectivity index (χ3n) is 14.1. The number of unbranched alkanes of at least 4 members (excludes halogenated alkanes) is 1. The summed E-state index contributed by atoms with van der Waals surface area (Å²) in [6.07, 6.45) is 1.74. The first-order chi connectivity index (χ1) is 37.2. The first-order valence-corrected chi connectivity index (χ1v) is 26.3. The molecule has 0 aromatic heterocycles. The van der Waals surface area contributed by atoms with Crippen molar-refractivity contribution in [1.82, 2.24) is 46.2 Å². The van der Waals surface area contributed by atoms with Gasteiger partial charge in [0.05, 0.1) is 26.2 Å². The maximum Gasteiger partial charge on any atom is 0.326 e. The molecule has 11 N–H and O–H groups in total. The van der Waals surface area contributed by atoms with E-state index in [0.717, 1.165) is 27.1 Å². The molecule has 0 spiro atoms. The van der Waals surface area contributed by atoms with Gasteiger partial charge in [0.25, 0.3) is 0 Å². The predicted octanol–water partition coefficient (Wildman–Crippen LogP) is 0.918. The number of nitrogens with zero attached hydrogens (tertiary/aromatic N) is 4. The number of benzene rings is 3. The zero-order chi connectivity index (χ0) is 56.7. The fraction of sp³-hybridized carbons (Fsp3) is 0.547. The molecule has 3 atom stereocenters. The van der Waals surface area contributed by atoms with Crippen LogP contribution in [0, 0.1) is 5.92 Å². The van der Waals surface area contributed by atoms with Crippen LogP contribution in [0.2, 0.25) is 0 Å². The molecule has 426 valence electrons. The Hall–Kier alpha value is -7.48. The molecule has 1 aliphatic carbocycles. The minimum atomic E-state index is -1.44. The van der Waals surface area contributed by atoms with Crippen LogP contribution in [-0.2, 0) is 49.6 Å². The van der Waals surface area contributed by atoms with Crippen LogP contribution in [0.5, 0.6) is 0 Å². The topological polar surface area (TPSA) is 365 Å². The summed E-state index contributed by atoms with van der Waals surface area (Å²) < 4.78 is 0. The van der Waals surface area contributed by atoms with E-state index in [4.69, 9.17) is 5.11 Å². The van der Waals surface area contributed by atoms with E-state index in [-0.39, 0.29) is 148 Å². The van der Waals surface area contributed by atoms with Gasteiger partial charge in [0.15, 0.2) is 0 Å². The van der Waals surface area contributed by atoms with Crippen LogP contribution in [0.25, 0.3) is 21.5 Å². The second-order valence-corrected chi connectivity index (χ2v) is 19.9. The Kier molecular flexibility index (Phi) is 24.4. The van der Waals surface area contributed by atoms with Crippen LogP contribution in [-0.4, -0.2) is 219 Å². The molecule has 3 aromatic carbocycles. The monoisotopic (exact) mass is 1090 g/mol. The average molecular weight is 1090 g/mol. The predicted molar refractivity (Wildman–Crippen MR) is 283 cm³/mol. The van der Waals surface area contributed by atoms with Crippen molar-refractivity contribution in [3.63, 3.8) is 0 Å². The molecule has 1 heterocycles. The van der Waals surface area contributed by atoms with E-state index in [2.05, 4.69) is 32.7 Å². The number of carboxylic acids is 6. The molecular weight excluding hydrogens is 1020 g/mol. The average Bonchev–Trinajstić information content (AvgIpc) is 3.43. The third-order valence-corrected chi connectivity index (χ3v) is 14.1. The summed E-state index contributed by atoms with van der Waals surface area (Å²) in [6.45, 7) is 1.16. The van der Waals surface area contributed by atoms with Gasteiger partial charge in [-0.2, -0.15) is 0 Å². The van der Waals surface area contributed by atoms with E-state index in [1.165, 1.54) is 0 Å². The Morgan fingerprint density at radius 2 is 0.962 bits per heavy atom. The van der Waals surface area contributed by atoms with Crippen LogP contribution in [0.15, 0.2) is 54.6 Å². The van der Waals surface area contributed by atoms with Gasteiger partial charge in [-0.05, 0) is 91.0 Å². The second-order valence-electron chi connectivity index (χ2n) is 19.9. The normalized spacial score (nSPS) is 18.5. The maximum absolute atomic E-state index is 14.2. The fourth-order valence-electron chi connectivity index (χ4n) is 9.93. The SMILES string of the molecule is O=C(O)CCC[C@H](NC(=O)N[C@@H](CCCCNC(=O)[C@H](Cc1c2ccccc2cc2ccccc12)NC(=O)C1CCC(NC(=O)CN2CCN(CC(=O)O)CCN(CC(=O)O)CCN(CC(=O)O)CC2)CC1)C(=O)O)C(=O)O. The molecule has 5 amide bonds. The van der Waals surface area contributed by atoms with Gasteiger partial charge in [-0.3, -0.25) is 53.2 Å². The number of hydrogen-bond donors (Lipinski definition) is 11. The number of carbonyl (C=O) groups excluding carboxylic acids is 4. The van der Waals surface area contributed by atoms with Gasteiger partial charge in [0.1, 0.15) is 18.1 Å². The molecule has 5 rings (SSSR count). The third kappa shape index (κ3) is 20.8. The van der Waals surface area contributed by atoms with Crippen molar-refractivity contribution in [2.24, 2.45) is 5.92 Å². The van der Waals surface area contributed by atoms with Crippen LogP contribution in [0.1, 0.15) is 69.8 Å². The summed E-state index contributed by atoms with van der Waals surface area (Å²) in [4.78, 5) is 131. The molecule has 3 aromatic rings. The standard InChI is InChI=1S/C53H73N9O16/c63-44(30-59-20-22-60(31-46(66)67)24-26-62(33-48(70)71)27-25-61(23-21-59)32-47(68)69)55-37-17-15-34(16-18-37)49(72)56-43(29-40-38-10-3-1-8-35(38)28-36-9-2-4-11-39(36)40)50(73)54-19-6-5-12-41(51(74)75)57-53(78)58-42(52(76)77)13-7-14-45(64)65/h1-4,8-11,28,34,37,41-43H,5-7,12-27,29-33H2,(H,54,73)(H,55,63)(H,56,72)(H,64,65)(H,66,67)(H,68,69)(H,70,71)(H,74,75)(H,76,77)(H2,57,58,78)/t34?,37?,41-,42-,43-/m0/s1. The van der Waals surface area contributed by atoms with Crippen LogP contribution in [0.3, 0.4) is 0 Å². The summed E-state index contributed by atoms with van der Waals surface area (Å²) in [5.74, 6) is -8.71. The molecule has 78 heavy (non-hydrogen) atoms. The number of fused-ring (bicyclic) bond motifs is 2. The number of hydrogen-bond acceptors (Lipinski definition) is 14. The van der Waals surface area contributed by atoms with Gasteiger partial charge in [-0.1, -0.05) is 48.5 Å². The highest BCUT2D eigenvalue weighted by molar-refractivity contribution is 6.03. The van der Waals surface area contributed by atoms with E-state index in [9.17, 15) is 73.5 Å². The number of urea groups is 1. The number of rotatable bonds is 27. The second kappa shape index (κ2) is 31.1. The van der Waals surface area contributed by atoms with Gasteiger partial charge in [-0.15, -0.1) is 0 Å². The minimum absolute atomic E-state index is 0.0292. The van der Waals surface area contributed by atoms with Crippen molar-refractivity contribution in [2.45, 2.75) is 94.8 Å². The highest BCUT2D eigenvalue weighted by atomic mass is 16.4. The van der Waals surface area contributed by atoms with Crippen LogP contribution < -0.4 is 26.6 Å². The van der Waals surface area contributed by atoms with Crippen LogP contribution in [0.4, 0.5) is 4.79 Å². The smallest absolute Gasteiger partial charge is 0.326 e. The molecule has 0 unspecified atom stereocenters. The first-order valence-electron chi connectivity index (χ1n) is 26.3. The molecule has 2 aliphatic rings. The lowest BCUT2D eigenvalue weighted by Crippen LogP contribution is -2.51. The Morgan fingerprint density at radius 1 is 0.513 bits per heavy atom. The fourth-order valence-corrected chi connectivity index (χ4v) is 9.93. The van der Waals surface area contributed by atoms with Gasteiger partial charge in [0, 0.05) is 83.7 Å². The first kappa shape index (κ1) is 61.4. The number of nitrogens with one attached hydrogen (secondary N) is 5. The van der Waals surface area contributed by atoms with Gasteiger partial charge in [0.2, 0.25) is 17.7 Å². The van der Waals surface area contributed by atoms with E-state index in [1.54, 1.807) is 14.7 Å². The summed E-state index contributed by atoms with van der Waals surface area (Å²) in [6, 6.07) is 12.3. The molecular formula is C53H73N9O16. The zero-order valence-corrected chi connectivity index (χ0v) is 43.6. The minimum Gasteiger partial charge on any atom is -0.481 e. The lowest BCUT2D eigenvalue weighted by atomic mass is 9.85. The Balaban J connectivity index is 1.20. The molecule has 25 heteroatoms. The molecule has 0 radical (unpaired) electrons. The molecule has 0 bridgehead atoms. The van der Waals surface area contributed by atoms with Crippen LogP contribution >= 0.6 is 0 Å². The quantitative estimate of drug-likeness (QED) is 0.0373. The maximum atomic E-state index is 14.2. The Morgan fingerprint density at radius 3 is 1.41 bits per heavy atom. The highest BCUT2D eigenvalue weighted by Gasteiger charge is 2.32. The van der Waals surface area contributed by atoms with E-state index in [0.29, 0.717) is 25.7 Å².